The lowest BCUT2D eigenvalue weighted by molar-refractivity contribution is -0.141. The molecular formula is C12H18N4O4S. The molecule has 0 radical (unpaired) electrons. The van der Waals surface area contributed by atoms with Crippen molar-refractivity contribution in [2.24, 2.45) is 7.05 Å². The molecular weight excluding hydrogens is 296 g/mol. The Bertz CT molecular complexity index is 733. The van der Waals surface area contributed by atoms with Crippen molar-refractivity contribution in [2.75, 3.05) is 6.54 Å². The lowest BCUT2D eigenvalue weighted by Crippen LogP contribution is -2.65. The van der Waals surface area contributed by atoms with Crippen molar-refractivity contribution in [2.45, 2.75) is 38.1 Å². The second-order valence-electron chi connectivity index (χ2n) is 5.57. The Morgan fingerprint density at radius 3 is 2.29 bits per heavy atom. The number of imide groups is 1. The van der Waals surface area contributed by atoms with Gasteiger partial charge in [-0.1, -0.05) is 0 Å². The van der Waals surface area contributed by atoms with Crippen LogP contribution in [0, 0.1) is 13.8 Å². The minimum absolute atomic E-state index is 0.0422. The van der Waals surface area contributed by atoms with E-state index in [1.54, 1.807) is 20.9 Å². The summed E-state index contributed by atoms with van der Waals surface area (Å²) in [6.45, 7) is 5.75. The first-order valence-electron chi connectivity index (χ1n) is 6.37. The predicted molar refractivity (Wildman–Crippen MR) is 73.8 cm³/mol. The Morgan fingerprint density at radius 2 is 1.81 bits per heavy atom. The van der Waals surface area contributed by atoms with Crippen molar-refractivity contribution in [3.8, 4) is 0 Å². The van der Waals surface area contributed by atoms with Crippen LogP contribution >= 0.6 is 0 Å². The molecule has 1 aromatic rings. The summed E-state index contributed by atoms with van der Waals surface area (Å²) in [6.07, 6.45) is 0. The number of nitrogens with one attached hydrogen (secondary N) is 1. The summed E-state index contributed by atoms with van der Waals surface area (Å²) in [6, 6.07) is 0. The molecule has 0 aromatic carbocycles. The fourth-order valence-electron chi connectivity index (χ4n) is 2.38. The van der Waals surface area contributed by atoms with E-state index in [4.69, 9.17) is 0 Å². The lowest BCUT2D eigenvalue weighted by atomic mass is 10.0. The van der Waals surface area contributed by atoms with Crippen LogP contribution in [-0.4, -0.2) is 46.4 Å². The Hall–Kier alpha value is -1.74. The monoisotopic (exact) mass is 314 g/mol. The van der Waals surface area contributed by atoms with Gasteiger partial charge in [-0.05, 0) is 27.7 Å². The fourth-order valence-corrected chi connectivity index (χ4v) is 4.49. The van der Waals surface area contributed by atoms with Crippen LogP contribution in [0.2, 0.25) is 0 Å². The summed E-state index contributed by atoms with van der Waals surface area (Å²) < 4.78 is 28.2. The molecule has 0 atom stereocenters. The number of hydrogen-bond donors (Lipinski definition) is 1. The molecule has 2 rings (SSSR count). The van der Waals surface area contributed by atoms with Crippen LogP contribution in [0.1, 0.15) is 25.2 Å². The highest BCUT2D eigenvalue weighted by molar-refractivity contribution is 7.89. The number of nitrogens with zero attached hydrogens (tertiary/aromatic N) is 3. The molecule has 0 aliphatic carbocycles. The Morgan fingerprint density at radius 1 is 1.24 bits per heavy atom. The normalized spacial score (nSPS) is 19.7. The summed E-state index contributed by atoms with van der Waals surface area (Å²) >= 11 is 0. The van der Waals surface area contributed by atoms with Gasteiger partial charge in [-0.2, -0.15) is 9.40 Å². The molecule has 1 aliphatic heterocycles. The third-order valence-corrected chi connectivity index (χ3v) is 5.98. The minimum Gasteiger partial charge on any atom is -0.294 e. The van der Waals surface area contributed by atoms with E-state index in [2.05, 4.69) is 10.4 Å². The maximum atomic E-state index is 12.9. The number of carbonyl (C=O) groups excluding carboxylic acids is 2. The van der Waals surface area contributed by atoms with Crippen molar-refractivity contribution < 1.29 is 18.0 Å². The van der Waals surface area contributed by atoms with Gasteiger partial charge in [-0.25, -0.2) is 8.42 Å². The van der Waals surface area contributed by atoms with Gasteiger partial charge in [0.1, 0.15) is 10.4 Å². The third-order valence-electron chi connectivity index (χ3n) is 3.71. The van der Waals surface area contributed by atoms with Crippen molar-refractivity contribution in [3.63, 3.8) is 0 Å². The number of sulfonamides is 1. The van der Waals surface area contributed by atoms with Crippen LogP contribution in [0.25, 0.3) is 0 Å². The largest absolute Gasteiger partial charge is 0.294 e. The second kappa shape index (κ2) is 4.63. The quantitative estimate of drug-likeness (QED) is 0.739. The second-order valence-corrected chi connectivity index (χ2v) is 7.37. The molecule has 2 heterocycles. The van der Waals surface area contributed by atoms with Crippen molar-refractivity contribution in [1.29, 1.82) is 0 Å². The Balaban J connectivity index is 2.62. The maximum Gasteiger partial charge on any atom is 0.248 e. The van der Waals surface area contributed by atoms with E-state index in [9.17, 15) is 18.0 Å². The van der Waals surface area contributed by atoms with Crippen molar-refractivity contribution in [3.05, 3.63) is 11.4 Å². The first-order chi connectivity index (χ1) is 9.49. The first-order valence-corrected chi connectivity index (χ1v) is 7.81. The van der Waals surface area contributed by atoms with Crippen LogP contribution < -0.4 is 5.32 Å². The minimum atomic E-state index is -4.01. The zero-order valence-electron chi connectivity index (χ0n) is 12.6. The summed E-state index contributed by atoms with van der Waals surface area (Å²) in [7, 11) is -2.37. The third kappa shape index (κ3) is 2.26. The SMILES string of the molecule is Cc1nn(C)c(C)c1S(=O)(=O)N1CC(=O)NC(=O)C1(C)C. The topological polar surface area (TPSA) is 101 Å². The maximum absolute atomic E-state index is 12.9. The number of amides is 2. The summed E-state index contributed by atoms with van der Waals surface area (Å²) in [5.41, 5.74) is -0.549. The van der Waals surface area contributed by atoms with Crippen LogP contribution in [0.3, 0.4) is 0 Å². The van der Waals surface area contributed by atoms with Gasteiger partial charge < -0.3 is 0 Å². The van der Waals surface area contributed by atoms with Crippen molar-refractivity contribution in [1.82, 2.24) is 19.4 Å². The molecule has 116 valence electrons. The van der Waals surface area contributed by atoms with E-state index in [-0.39, 0.29) is 4.90 Å². The molecule has 21 heavy (non-hydrogen) atoms. The zero-order chi connectivity index (χ0) is 16.2. The molecule has 8 nitrogen and oxygen atoms in total. The van der Waals surface area contributed by atoms with Crippen LogP contribution in [0.15, 0.2) is 4.90 Å². The van der Waals surface area contributed by atoms with E-state index in [1.165, 1.54) is 18.5 Å². The predicted octanol–water partition coefficient (Wildman–Crippen LogP) is -0.537. The summed E-state index contributed by atoms with van der Waals surface area (Å²) in [5, 5.41) is 6.24. The van der Waals surface area contributed by atoms with Crippen LogP contribution in [0.5, 0.6) is 0 Å². The van der Waals surface area contributed by atoms with E-state index >= 15 is 0 Å². The Labute approximate surface area is 123 Å². The number of rotatable bonds is 2. The molecule has 1 saturated heterocycles. The van der Waals surface area contributed by atoms with Crippen LogP contribution in [-0.2, 0) is 26.7 Å². The van der Waals surface area contributed by atoms with Gasteiger partial charge in [0, 0.05) is 7.05 Å². The number of aromatic nitrogens is 2. The zero-order valence-corrected chi connectivity index (χ0v) is 13.4. The summed E-state index contributed by atoms with van der Waals surface area (Å²) in [4.78, 5) is 23.5. The molecule has 0 bridgehead atoms. The standard InChI is InChI=1S/C12H18N4O4S/c1-7-10(8(2)15(5)14-7)21(19,20)16-6-9(17)13-11(18)12(16,3)4/h6H2,1-5H3,(H,13,17,18). The molecule has 2 amide bonds. The number of hydrogen-bond acceptors (Lipinski definition) is 5. The van der Waals surface area contributed by atoms with Gasteiger partial charge in [-0.15, -0.1) is 0 Å². The molecule has 0 saturated carbocycles. The molecule has 1 fully saturated rings. The van der Waals surface area contributed by atoms with Gasteiger partial charge in [-0.3, -0.25) is 19.6 Å². The van der Waals surface area contributed by atoms with Crippen LogP contribution in [0.4, 0.5) is 0 Å². The van der Waals surface area contributed by atoms with E-state index < -0.39 is 33.9 Å². The first kappa shape index (κ1) is 15.6. The summed E-state index contributed by atoms with van der Waals surface area (Å²) in [5.74, 6) is -1.27. The molecule has 1 N–H and O–H groups in total. The highest BCUT2D eigenvalue weighted by atomic mass is 32.2. The average Bonchev–Trinajstić information content (AvgIpc) is 2.58. The lowest BCUT2D eigenvalue weighted by Gasteiger charge is -2.38. The highest BCUT2D eigenvalue weighted by Crippen LogP contribution is 2.30. The smallest absolute Gasteiger partial charge is 0.248 e. The highest BCUT2D eigenvalue weighted by Gasteiger charge is 2.48. The average molecular weight is 314 g/mol. The number of aryl methyl sites for hydroxylation is 2. The molecule has 1 aliphatic rings. The molecule has 1 aromatic heterocycles. The van der Waals surface area contributed by atoms with E-state index in [0.29, 0.717) is 11.4 Å². The molecule has 0 spiro atoms. The molecule has 9 heteroatoms. The van der Waals surface area contributed by atoms with E-state index in [0.717, 1.165) is 4.31 Å². The number of carbonyl (C=O) groups is 2. The van der Waals surface area contributed by atoms with Gasteiger partial charge in [0.25, 0.3) is 0 Å². The van der Waals surface area contributed by atoms with Crippen molar-refractivity contribution >= 4 is 21.8 Å². The number of piperazine rings is 1. The van der Waals surface area contributed by atoms with E-state index in [1.807, 2.05) is 0 Å². The van der Waals surface area contributed by atoms with Gasteiger partial charge in [0.2, 0.25) is 21.8 Å². The van der Waals surface area contributed by atoms with Gasteiger partial charge in [0.15, 0.2) is 0 Å². The van der Waals surface area contributed by atoms with Gasteiger partial charge in [0.05, 0.1) is 17.9 Å². The molecule has 0 unspecified atom stereocenters. The Kier molecular flexibility index (Phi) is 3.45. The van der Waals surface area contributed by atoms with Gasteiger partial charge >= 0.3 is 0 Å². The fraction of sp³-hybridized carbons (Fsp3) is 0.583.